The van der Waals surface area contributed by atoms with E-state index in [9.17, 15) is 13.2 Å². The van der Waals surface area contributed by atoms with Crippen molar-refractivity contribution in [2.24, 2.45) is 0 Å². The standard InChI is InChI=1S/C11H15O5S2/c1-15-11(12)10-7-6-9(17-10)5-3-4-8-16-18(2,13)14/h6H,3-5,8H2,1-2H3. The molecular formula is C11H15O5S2. The van der Waals surface area contributed by atoms with Gasteiger partial charge in [-0.2, -0.15) is 8.42 Å². The summed E-state index contributed by atoms with van der Waals surface area (Å²) in [7, 11) is -2.01. The summed E-state index contributed by atoms with van der Waals surface area (Å²) in [6, 6.07) is 4.60. The fourth-order valence-electron chi connectivity index (χ4n) is 1.26. The average molecular weight is 291 g/mol. The van der Waals surface area contributed by atoms with Crippen LogP contribution in [0.3, 0.4) is 0 Å². The third-order valence-corrected chi connectivity index (χ3v) is 3.75. The molecule has 0 bridgehead atoms. The van der Waals surface area contributed by atoms with Crippen LogP contribution in [0.25, 0.3) is 0 Å². The zero-order valence-corrected chi connectivity index (χ0v) is 11.9. The highest BCUT2D eigenvalue weighted by Crippen LogP contribution is 2.18. The number of hydrogen-bond donors (Lipinski definition) is 0. The van der Waals surface area contributed by atoms with E-state index in [4.69, 9.17) is 0 Å². The van der Waals surface area contributed by atoms with E-state index in [1.54, 1.807) is 6.07 Å². The van der Waals surface area contributed by atoms with Crippen LogP contribution in [0.1, 0.15) is 27.4 Å². The van der Waals surface area contributed by atoms with E-state index in [2.05, 4.69) is 15.0 Å². The number of esters is 1. The van der Waals surface area contributed by atoms with Gasteiger partial charge in [0.2, 0.25) is 0 Å². The van der Waals surface area contributed by atoms with Crippen LogP contribution >= 0.6 is 11.3 Å². The number of rotatable bonds is 7. The van der Waals surface area contributed by atoms with Crippen molar-refractivity contribution in [1.29, 1.82) is 0 Å². The molecule has 0 aromatic carbocycles. The van der Waals surface area contributed by atoms with Crippen molar-refractivity contribution >= 4 is 27.4 Å². The molecule has 101 valence electrons. The predicted octanol–water partition coefficient (Wildman–Crippen LogP) is 1.63. The third-order valence-electron chi connectivity index (χ3n) is 2.08. The normalized spacial score (nSPS) is 11.4. The number of hydrogen-bond acceptors (Lipinski definition) is 6. The van der Waals surface area contributed by atoms with Crippen molar-refractivity contribution in [3.8, 4) is 0 Å². The minimum absolute atomic E-state index is 0.192. The molecule has 0 fully saturated rings. The lowest BCUT2D eigenvalue weighted by Crippen LogP contribution is -2.04. The molecule has 0 aliphatic heterocycles. The number of carbonyl (C=O) groups excluding carboxylic acids is 1. The van der Waals surface area contributed by atoms with Crippen molar-refractivity contribution in [2.45, 2.75) is 19.3 Å². The molecule has 0 atom stereocenters. The fourth-order valence-corrected chi connectivity index (χ4v) is 2.60. The third kappa shape index (κ3) is 5.61. The molecule has 0 spiro atoms. The van der Waals surface area contributed by atoms with E-state index in [1.165, 1.54) is 18.4 Å². The van der Waals surface area contributed by atoms with E-state index in [1.807, 2.05) is 0 Å². The lowest BCUT2D eigenvalue weighted by atomic mass is 10.2. The lowest BCUT2D eigenvalue weighted by molar-refractivity contribution is 0.0606. The van der Waals surface area contributed by atoms with E-state index in [0.29, 0.717) is 11.3 Å². The molecule has 0 amide bonds. The monoisotopic (exact) mass is 291 g/mol. The fraction of sp³-hybridized carbons (Fsp3) is 0.545. The Labute approximate surface area is 111 Å². The van der Waals surface area contributed by atoms with Crippen LogP contribution in [0.2, 0.25) is 0 Å². The molecule has 1 aromatic heterocycles. The largest absolute Gasteiger partial charge is 0.465 e. The molecule has 1 rings (SSSR count). The maximum Gasteiger partial charge on any atom is 0.348 e. The highest BCUT2D eigenvalue weighted by atomic mass is 32.2. The van der Waals surface area contributed by atoms with Gasteiger partial charge in [0.25, 0.3) is 10.1 Å². The second-order valence-electron chi connectivity index (χ2n) is 3.66. The summed E-state index contributed by atoms with van der Waals surface area (Å²) in [6.45, 7) is 0.192. The van der Waals surface area contributed by atoms with Gasteiger partial charge in [-0.3, -0.25) is 4.18 Å². The van der Waals surface area contributed by atoms with Crippen LogP contribution in [0, 0.1) is 6.07 Å². The molecule has 1 heterocycles. The van der Waals surface area contributed by atoms with Crippen LogP contribution in [-0.4, -0.2) is 34.4 Å². The SMILES string of the molecule is COC(=O)c1[c]cc(CCCCOS(C)(=O)=O)s1. The number of aryl methyl sites for hydroxylation is 1. The molecule has 0 aliphatic rings. The Kier molecular flexibility index (Phi) is 5.77. The van der Waals surface area contributed by atoms with E-state index in [0.717, 1.165) is 24.0 Å². The van der Waals surface area contributed by atoms with Crippen molar-refractivity contribution in [2.75, 3.05) is 20.0 Å². The van der Waals surface area contributed by atoms with Crippen LogP contribution in [0.5, 0.6) is 0 Å². The van der Waals surface area contributed by atoms with Crippen molar-refractivity contribution in [3.63, 3.8) is 0 Å². The van der Waals surface area contributed by atoms with E-state index < -0.39 is 10.1 Å². The van der Waals surface area contributed by atoms with Gasteiger partial charge in [-0.1, -0.05) is 0 Å². The van der Waals surface area contributed by atoms with Gasteiger partial charge in [0.15, 0.2) is 0 Å². The Bertz CT molecular complexity index is 489. The number of methoxy groups -OCH3 is 1. The summed E-state index contributed by atoms with van der Waals surface area (Å²) in [5.74, 6) is -0.383. The summed E-state index contributed by atoms with van der Waals surface area (Å²) in [6.07, 6.45) is 3.25. The van der Waals surface area contributed by atoms with Crippen LogP contribution < -0.4 is 0 Å². The number of ether oxygens (including phenoxy) is 1. The number of carbonyl (C=O) groups is 1. The van der Waals surface area contributed by atoms with Gasteiger partial charge in [0, 0.05) is 10.9 Å². The van der Waals surface area contributed by atoms with Crippen LogP contribution in [0.15, 0.2) is 6.07 Å². The van der Waals surface area contributed by atoms with Crippen molar-refractivity contribution in [3.05, 3.63) is 21.9 Å². The minimum Gasteiger partial charge on any atom is -0.465 e. The van der Waals surface area contributed by atoms with Gasteiger partial charge in [-0.15, -0.1) is 11.3 Å². The minimum atomic E-state index is -3.34. The van der Waals surface area contributed by atoms with Gasteiger partial charge in [-0.25, -0.2) is 4.79 Å². The Balaban J connectivity index is 2.28. The highest BCUT2D eigenvalue weighted by Gasteiger charge is 2.09. The quantitative estimate of drug-likeness (QED) is 0.434. The highest BCUT2D eigenvalue weighted by molar-refractivity contribution is 7.85. The summed E-state index contributed by atoms with van der Waals surface area (Å²) >= 11 is 1.34. The first-order chi connectivity index (χ1) is 8.42. The van der Waals surface area contributed by atoms with Gasteiger partial charge in [0.05, 0.1) is 20.0 Å². The first-order valence-electron chi connectivity index (χ1n) is 5.35. The van der Waals surface area contributed by atoms with Crippen LogP contribution in [0.4, 0.5) is 0 Å². The molecule has 0 saturated carbocycles. The molecule has 1 aromatic rings. The Hall–Kier alpha value is -0.920. The Morgan fingerprint density at radius 3 is 2.78 bits per heavy atom. The summed E-state index contributed by atoms with van der Waals surface area (Å²) in [4.78, 5) is 12.7. The van der Waals surface area contributed by atoms with Gasteiger partial charge in [0.1, 0.15) is 4.88 Å². The molecule has 0 saturated heterocycles. The van der Waals surface area contributed by atoms with Gasteiger partial charge >= 0.3 is 5.97 Å². The second-order valence-corrected chi connectivity index (χ2v) is 6.44. The van der Waals surface area contributed by atoms with E-state index in [-0.39, 0.29) is 12.6 Å². The molecule has 7 heteroatoms. The molecule has 5 nitrogen and oxygen atoms in total. The maximum absolute atomic E-state index is 11.2. The first-order valence-corrected chi connectivity index (χ1v) is 7.99. The number of thiophene rings is 1. The zero-order valence-electron chi connectivity index (χ0n) is 10.3. The van der Waals surface area contributed by atoms with E-state index >= 15 is 0 Å². The topological polar surface area (TPSA) is 69.7 Å². The summed E-state index contributed by atoms with van der Waals surface area (Å²) < 4.78 is 30.6. The molecule has 1 radical (unpaired) electrons. The first kappa shape index (κ1) is 15.1. The Morgan fingerprint density at radius 2 is 2.17 bits per heavy atom. The van der Waals surface area contributed by atoms with Crippen molar-refractivity contribution in [1.82, 2.24) is 0 Å². The van der Waals surface area contributed by atoms with Gasteiger partial charge < -0.3 is 4.74 Å². The molecule has 0 N–H and O–H groups in total. The average Bonchev–Trinajstić information content (AvgIpc) is 2.75. The smallest absolute Gasteiger partial charge is 0.348 e. The molecular weight excluding hydrogens is 276 g/mol. The number of unbranched alkanes of at least 4 members (excludes halogenated alkanes) is 1. The predicted molar refractivity (Wildman–Crippen MR) is 68.2 cm³/mol. The van der Waals surface area contributed by atoms with Crippen molar-refractivity contribution < 1.29 is 22.1 Å². The lowest BCUT2D eigenvalue weighted by Gasteiger charge is -2.00. The maximum atomic E-state index is 11.2. The second kappa shape index (κ2) is 6.86. The Morgan fingerprint density at radius 1 is 1.44 bits per heavy atom. The molecule has 0 unspecified atom stereocenters. The zero-order chi connectivity index (χ0) is 13.6. The van der Waals surface area contributed by atoms with Gasteiger partial charge in [-0.05, 0) is 25.3 Å². The summed E-state index contributed by atoms with van der Waals surface area (Å²) in [5.41, 5.74) is 0. The molecule has 0 aliphatic carbocycles. The molecule has 18 heavy (non-hydrogen) atoms. The summed E-state index contributed by atoms with van der Waals surface area (Å²) in [5, 5.41) is 0. The van der Waals surface area contributed by atoms with Crippen LogP contribution in [-0.2, 0) is 25.5 Å².